The zero-order valence-corrected chi connectivity index (χ0v) is 20.8. The van der Waals surface area contributed by atoms with E-state index in [2.05, 4.69) is 108 Å². The van der Waals surface area contributed by atoms with E-state index in [0.717, 1.165) is 29.8 Å². The van der Waals surface area contributed by atoms with Crippen LogP contribution in [0.2, 0.25) is 0 Å². The first-order valence-electron chi connectivity index (χ1n) is 7.85. The molecule has 0 radical (unpaired) electrons. The molecule has 0 amide bonds. The highest BCUT2D eigenvalue weighted by Gasteiger charge is 2.16. The van der Waals surface area contributed by atoms with E-state index in [1.54, 1.807) is 0 Å². The van der Waals surface area contributed by atoms with Crippen LogP contribution >= 0.6 is 79.6 Å². The number of nitrogens with zero attached hydrogens (tertiary/aromatic N) is 1. The molecule has 0 unspecified atom stereocenters. The molecule has 3 rings (SSSR count). The van der Waals surface area contributed by atoms with Gasteiger partial charge in [0.05, 0.1) is 11.0 Å². The van der Waals surface area contributed by atoms with Gasteiger partial charge in [-0.05, 0) is 69.0 Å². The summed E-state index contributed by atoms with van der Waals surface area (Å²) in [6.45, 7) is 1.03. The molecule has 0 N–H and O–H groups in total. The molecule has 0 aliphatic heterocycles. The standard InChI is InChI=1S/C18H16Br5N/c19-5-3-1-2-4-6-24-17-13(7-11(20)9-15(17)22)14-8-12(21)10-16(23)18(14)24/h7-10H,1-6H2. The highest BCUT2D eigenvalue weighted by atomic mass is 79.9. The zero-order chi connectivity index (χ0) is 17.3. The summed E-state index contributed by atoms with van der Waals surface area (Å²) in [5.41, 5.74) is 2.54. The van der Waals surface area contributed by atoms with Crippen LogP contribution in [0, 0.1) is 0 Å². The molecule has 0 fully saturated rings. The molecule has 128 valence electrons. The van der Waals surface area contributed by atoms with Gasteiger partial charge in [-0.1, -0.05) is 60.6 Å². The fraction of sp³-hybridized carbons (Fsp3) is 0.333. The molecule has 2 aromatic carbocycles. The van der Waals surface area contributed by atoms with Crippen LogP contribution in [0.1, 0.15) is 25.7 Å². The van der Waals surface area contributed by atoms with E-state index in [1.807, 2.05) is 0 Å². The van der Waals surface area contributed by atoms with E-state index in [9.17, 15) is 0 Å². The summed E-state index contributed by atoms with van der Waals surface area (Å²) in [5.74, 6) is 0. The van der Waals surface area contributed by atoms with Crippen molar-refractivity contribution in [1.29, 1.82) is 0 Å². The van der Waals surface area contributed by atoms with Gasteiger partial charge in [0, 0.05) is 40.5 Å². The molecule has 1 aromatic heterocycles. The third-order valence-electron chi connectivity index (χ3n) is 4.15. The van der Waals surface area contributed by atoms with Gasteiger partial charge in [-0.2, -0.15) is 0 Å². The number of aromatic nitrogens is 1. The van der Waals surface area contributed by atoms with Crippen molar-refractivity contribution in [2.75, 3.05) is 5.33 Å². The molecule has 6 heteroatoms. The second kappa shape index (κ2) is 8.55. The molecule has 0 bridgehead atoms. The van der Waals surface area contributed by atoms with Crippen LogP contribution in [0.5, 0.6) is 0 Å². The highest BCUT2D eigenvalue weighted by Crippen LogP contribution is 2.40. The van der Waals surface area contributed by atoms with Crippen LogP contribution in [-0.4, -0.2) is 9.90 Å². The van der Waals surface area contributed by atoms with Gasteiger partial charge in [0.15, 0.2) is 0 Å². The van der Waals surface area contributed by atoms with Crippen LogP contribution in [0.4, 0.5) is 0 Å². The normalized spacial score (nSPS) is 11.7. The lowest BCUT2D eigenvalue weighted by atomic mass is 10.1. The van der Waals surface area contributed by atoms with Gasteiger partial charge in [-0.15, -0.1) is 0 Å². The van der Waals surface area contributed by atoms with Crippen molar-refractivity contribution >= 4 is 101 Å². The Hall–Kier alpha value is 0.640. The summed E-state index contributed by atoms with van der Waals surface area (Å²) in [4.78, 5) is 0. The molecule has 0 saturated carbocycles. The lowest BCUT2D eigenvalue weighted by Gasteiger charge is -2.10. The number of fused-ring (bicyclic) bond motifs is 3. The number of halogens is 5. The summed E-state index contributed by atoms with van der Waals surface area (Å²) < 4.78 is 6.90. The number of aryl methyl sites for hydroxylation is 1. The molecule has 1 heterocycles. The van der Waals surface area contributed by atoms with Crippen molar-refractivity contribution in [2.24, 2.45) is 0 Å². The fourth-order valence-electron chi connectivity index (χ4n) is 3.14. The average Bonchev–Trinajstić information content (AvgIpc) is 2.81. The smallest absolute Gasteiger partial charge is 0.0636 e. The van der Waals surface area contributed by atoms with E-state index in [4.69, 9.17) is 0 Å². The molecule has 0 atom stereocenters. The number of hydrogen-bond donors (Lipinski definition) is 0. The van der Waals surface area contributed by atoms with Crippen molar-refractivity contribution in [3.63, 3.8) is 0 Å². The van der Waals surface area contributed by atoms with Crippen LogP contribution in [0.3, 0.4) is 0 Å². The van der Waals surface area contributed by atoms with Crippen LogP contribution in [0.25, 0.3) is 21.8 Å². The number of unbranched alkanes of at least 4 members (excludes halogenated alkanes) is 3. The van der Waals surface area contributed by atoms with Gasteiger partial charge in [0.1, 0.15) is 0 Å². The first-order valence-corrected chi connectivity index (χ1v) is 12.1. The maximum atomic E-state index is 3.77. The van der Waals surface area contributed by atoms with E-state index in [1.165, 1.54) is 47.5 Å². The number of rotatable bonds is 6. The monoisotopic (exact) mass is 641 g/mol. The Morgan fingerprint density at radius 3 is 1.67 bits per heavy atom. The average molecular weight is 646 g/mol. The van der Waals surface area contributed by atoms with Crippen molar-refractivity contribution in [3.8, 4) is 0 Å². The molecule has 0 saturated heterocycles. The van der Waals surface area contributed by atoms with Gasteiger partial charge in [0.25, 0.3) is 0 Å². The molecule has 24 heavy (non-hydrogen) atoms. The Morgan fingerprint density at radius 1 is 0.667 bits per heavy atom. The largest absolute Gasteiger partial charge is 0.339 e. The minimum Gasteiger partial charge on any atom is -0.339 e. The second-order valence-corrected chi connectivity index (χ2v) is 10.2. The first-order chi connectivity index (χ1) is 11.5. The Bertz CT molecular complexity index is 819. The van der Waals surface area contributed by atoms with Crippen molar-refractivity contribution in [2.45, 2.75) is 32.2 Å². The van der Waals surface area contributed by atoms with Crippen LogP contribution < -0.4 is 0 Å². The van der Waals surface area contributed by atoms with Crippen molar-refractivity contribution < 1.29 is 0 Å². The predicted octanol–water partition coefficient (Wildman–Crippen LogP) is 8.80. The minimum absolute atomic E-state index is 1.03. The van der Waals surface area contributed by atoms with E-state index in [-0.39, 0.29) is 0 Å². The van der Waals surface area contributed by atoms with Gasteiger partial charge < -0.3 is 4.57 Å². The third-order valence-corrected chi connectivity index (χ3v) is 6.84. The number of hydrogen-bond acceptors (Lipinski definition) is 0. The summed E-state index contributed by atoms with van der Waals surface area (Å²) >= 11 is 18.3. The first kappa shape index (κ1) is 19.4. The minimum atomic E-state index is 1.03. The Labute approximate surface area is 184 Å². The SMILES string of the molecule is BrCCCCCCn1c2c(Br)cc(Br)cc2c2cc(Br)cc(Br)c21. The van der Waals surface area contributed by atoms with Crippen molar-refractivity contribution in [1.82, 2.24) is 4.57 Å². The lowest BCUT2D eigenvalue weighted by Crippen LogP contribution is -1.99. The molecular weight excluding hydrogens is 630 g/mol. The summed E-state index contributed by atoms with van der Waals surface area (Å²) in [7, 11) is 0. The molecular formula is C18H16Br5N. The van der Waals surface area contributed by atoms with Crippen molar-refractivity contribution in [3.05, 3.63) is 42.2 Å². The summed E-state index contributed by atoms with van der Waals surface area (Å²) in [5, 5.41) is 3.64. The van der Waals surface area contributed by atoms with Crippen LogP contribution in [-0.2, 0) is 6.54 Å². The predicted molar refractivity (Wildman–Crippen MR) is 123 cm³/mol. The van der Waals surface area contributed by atoms with E-state index < -0.39 is 0 Å². The van der Waals surface area contributed by atoms with E-state index in [0.29, 0.717) is 0 Å². The highest BCUT2D eigenvalue weighted by molar-refractivity contribution is 9.11. The number of benzene rings is 2. The maximum Gasteiger partial charge on any atom is 0.0636 e. The van der Waals surface area contributed by atoms with Gasteiger partial charge >= 0.3 is 0 Å². The van der Waals surface area contributed by atoms with Gasteiger partial charge in [0.2, 0.25) is 0 Å². The maximum absolute atomic E-state index is 3.77. The Balaban J connectivity index is 2.13. The molecule has 3 aromatic rings. The second-order valence-electron chi connectivity index (χ2n) is 5.82. The van der Waals surface area contributed by atoms with Gasteiger partial charge in [-0.25, -0.2) is 0 Å². The topological polar surface area (TPSA) is 4.93 Å². The van der Waals surface area contributed by atoms with Gasteiger partial charge in [-0.3, -0.25) is 0 Å². The third kappa shape index (κ3) is 3.98. The molecule has 0 spiro atoms. The Kier molecular flexibility index (Phi) is 6.91. The molecule has 0 aliphatic rings. The quantitative estimate of drug-likeness (QED) is 0.187. The molecule has 1 nitrogen and oxygen atoms in total. The lowest BCUT2D eigenvalue weighted by molar-refractivity contribution is 0.604. The summed E-state index contributed by atoms with van der Waals surface area (Å²) in [6.07, 6.45) is 4.98. The summed E-state index contributed by atoms with van der Waals surface area (Å²) in [6, 6.07) is 8.68. The van der Waals surface area contributed by atoms with Crippen LogP contribution in [0.15, 0.2) is 42.2 Å². The molecule has 0 aliphatic carbocycles. The number of alkyl halides is 1. The fourth-order valence-corrected chi connectivity index (χ4v) is 6.42. The van der Waals surface area contributed by atoms with E-state index >= 15 is 0 Å². The Morgan fingerprint density at radius 2 is 1.17 bits per heavy atom. The zero-order valence-electron chi connectivity index (χ0n) is 12.9.